The van der Waals surface area contributed by atoms with Crippen LogP contribution in [0.15, 0.2) is 24.3 Å². The topological polar surface area (TPSA) is 34.1 Å². The molecule has 1 N–H and O–H groups in total. The summed E-state index contributed by atoms with van der Waals surface area (Å²) in [6.07, 6.45) is 1.98. The van der Waals surface area contributed by atoms with Crippen LogP contribution in [-0.4, -0.2) is 25.2 Å². The van der Waals surface area contributed by atoms with Crippen molar-refractivity contribution in [1.29, 1.82) is 0 Å². The first-order valence-electron chi connectivity index (χ1n) is 6.05. The van der Waals surface area contributed by atoms with E-state index in [1.165, 1.54) is 11.3 Å². The highest BCUT2D eigenvalue weighted by Crippen LogP contribution is 2.31. The Bertz CT molecular complexity index is 551. The van der Waals surface area contributed by atoms with Gasteiger partial charge in [0.15, 0.2) is 0 Å². The van der Waals surface area contributed by atoms with E-state index in [1.807, 2.05) is 12.1 Å². The number of hydrogen-bond donors (Lipinski definition) is 1. The quantitative estimate of drug-likeness (QED) is 0.810. The third-order valence-electron chi connectivity index (χ3n) is 3.32. The number of nitrogens with one attached hydrogen (secondary N) is 1. The summed E-state index contributed by atoms with van der Waals surface area (Å²) in [4.78, 5) is 4.76. The Morgan fingerprint density at radius 1 is 1.18 bits per heavy atom. The minimum atomic E-state index is 0.983. The SMILES string of the molecule is COc1c2c(nc3ccccc13)CCNCC2. The summed E-state index contributed by atoms with van der Waals surface area (Å²) in [5.74, 6) is 1.01. The Morgan fingerprint density at radius 2 is 2.00 bits per heavy atom. The van der Waals surface area contributed by atoms with Gasteiger partial charge < -0.3 is 10.1 Å². The average molecular weight is 228 g/mol. The van der Waals surface area contributed by atoms with Crippen molar-refractivity contribution < 1.29 is 4.74 Å². The van der Waals surface area contributed by atoms with Gasteiger partial charge in [0.1, 0.15) is 5.75 Å². The van der Waals surface area contributed by atoms with Gasteiger partial charge in [-0.05, 0) is 25.1 Å². The van der Waals surface area contributed by atoms with Crippen molar-refractivity contribution in [2.45, 2.75) is 12.8 Å². The van der Waals surface area contributed by atoms with E-state index in [1.54, 1.807) is 7.11 Å². The van der Waals surface area contributed by atoms with Gasteiger partial charge in [-0.1, -0.05) is 12.1 Å². The molecule has 3 nitrogen and oxygen atoms in total. The number of fused-ring (bicyclic) bond motifs is 2. The molecule has 0 spiro atoms. The second-order valence-electron chi connectivity index (χ2n) is 4.34. The molecule has 0 unspecified atom stereocenters. The van der Waals surface area contributed by atoms with Gasteiger partial charge in [-0.2, -0.15) is 0 Å². The van der Waals surface area contributed by atoms with E-state index in [0.717, 1.165) is 42.6 Å². The Hall–Kier alpha value is -1.61. The molecule has 3 rings (SSSR count). The average Bonchev–Trinajstić information content (AvgIpc) is 2.60. The summed E-state index contributed by atoms with van der Waals surface area (Å²) in [7, 11) is 1.75. The first kappa shape index (κ1) is 10.5. The first-order chi connectivity index (χ1) is 8.40. The van der Waals surface area contributed by atoms with E-state index in [4.69, 9.17) is 9.72 Å². The summed E-state index contributed by atoms with van der Waals surface area (Å²) in [5, 5.41) is 4.53. The molecule has 1 aliphatic rings. The van der Waals surface area contributed by atoms with E-state index in [9.17, 15) is 0 Å². The Labute approximate surface area is 101 Å². The maximum Gasteiger partial charge on any atom is 0.133 e. The van der Waals surface area contributed by atoms with Crippen LogP contribution in [0.1, 0.15) is 11.3 Å². The number of aromatic nitrogens is 1. The van der Waals surface area contributed by atoms with Crippen LogP contribution in [0.5, 0.6) is 5.75 Å². The molecule has 0 saturated carbocycles. The summed E-state index contributed by atoms with van der Waals surface area (Å²) in [5.41, 5.74) is 3.49. The minimum absolute atomic E-state index is 0.983. The van der Waals surface area contributed by atoms with Gasteiger partial charge in [0.05, 0.1) is 12.6 Å². The summed E-state index contributed by atoms with van der Waals surface area (Å²) < 4.78 is 5.61. The van der Waals surface area contributed by atoms with Crippen molar-refractivity contribution in [1.82, 2.24) is 10.3 Å². The molecule has 2 heterocycles. The third kappa shape index (κ3) is 1.76. The van der Waals surface area contributed by atoms with Crippen LogP contribution >= 0.6 is 0 Å². The lowest BCUT2D eigenvalue weighted by Gasteiger charge is -2.13. The lowest BCUT2D eigenvalue weighted by atomic mass is 10.0. The van der Waals surface area contributed by atoms with Gasteiger partial charge in [-0.15, -0.1) is 0 Å². The van der Waals surface area contributed by atoms with E-state index >= 15 is 0 Å². The van der Waals surface area contributed by atoms with Crippen molar-refractivity contribution in [2.24, 2.45) is 0 Å². The fraction of sp³-hybridized carbons (Fsp3) is 0.357. The van der Waals surface area contributed by atoms with Crippen LogP contribution in [0.25, 0.3) is 10.9 Å². The van der Waals surface area contributed by atoms with Crippen molar-refractivity contribution in [3.8, 4) is 5.75 Å². The molecule has 1 aromatic carbocycles. The Balaban J connectivity index is 2.30. The first-order valence-corrected chi connectivity index (χ1v) is 6.05. The fourth-order valence-corrected chi connectivity index (χ4v) is 2.51. The van der Waals surface area contributed by atoms with Gasteiger partial charge in [-0.3, -0.25) is 4.98 Å². The Kier molecular flexibility index (Phi) is 2.69. The molecule has 88 valence electrons. The zero-order valence-corrected chi connectivity index (χ0v) is 9.99. The van der Waals surface area contributed by atoms with Gasteiger partial charge in [0.25, 0.3) is 0 Å². The van der Waals surface area contributed by atoms with Gasteiger partial charge in [-0.25, -0.2) is 0 Å². The fourth-order valence-electron chi connectivity index (χ4n) is 2.51. The zero-order valence-electron chi connectivity index (χ0n) is 9.99. The van der Waals surface area contributed by atoms with Crippen LogP contribution in [-0.2, 0) is 12.8 Å². The highest BCUT2D eigenvalue weighted by Gasteiger charge is 2.16. The highest BCUT2D eigenvalue weighted by molar-refractivity contribution is 5.86. The number of methoxy groups -OCH3 is 1. The normalized spacial score (nSPS) is 15.4. The monoisotopic (exact) mass is 228 g/mol. The number of hydrogen-bond acceptors (Lipinski definition) is 3. The summed E-state index contributed by atoms with van der Waals surface area (Å²) in [6.45, 7) is 2.00. The van der Waals surface area contributed by atoms with E-state index < -0.39 is 0 Å². The largest absolute Gasteiger partial charge is 0.496 e. The van der Waals surface area contributed by atoms with Crippen molar-refractivity contribution in [3.05, 3.63) is 35.5 Å². The number of ether oxygens (including phenoxy) is 1. The maximum absolute atomic E-state index is 5.61. The number of nitrogens with zero attached hydrogens (tertiary/aromatic N) is 1. The molecule has 1 aromatic heterocycles. The standard InChI is InChI=1S/C14H16N2O/c1-17-14-10-4-2-3-5-12(10)16-13-7-9-15-8-6-11(13)14/h2-5,15H,6-9H2,1H3. The lowest BCUT2D eigenvalue weighted by Crippen LogP contribution is -2.16. The summed E-state index contributed by atoms with van der Waals surface area (Å²) in [6, 6.07) is 8.19. The minimum Gasteiger partial charge on any atom is -0.496 e. The van der Waals surface area contributed by atoms with E-state index in [2.05, 4.69) is 17.4 Å². The molecule has 0 amide bonds. The molecule has 0 saturated heterocycles. The molecule has 0 fully saturated rings. The van der Waals surface area contributed by atoms with Crippen LogP contribution in [0.3, 0.4) is 0 Å². The number of para-hydroxylation sites is 1. The molecular weight excluding hydrogens is 212 g/mol. The number of pyridine rings is 1. The van der Waals surface area contributed by atoms with E-state index in [-0.39, 0.29) is 0 Å². The predicted molar refractivity (Wildman–Crippen MR) is 68.6 cm³/mol. The highest BCUT2D eigenvalue weighted by atomic mass is 16.5. The van der Waals surface area contributed by atoms with Crippen LogP contribution in [0.4, 0.5) is 0 Å². The molecule has 0 aliphatic carbocycles. The maximum atomic E-state index is 5.61. The van der Waals surface area contributed by atoms with E-state index in [0.29, 0.717) is 0 Å². The van der Waals surface area contributed by atoms with Crippen LogP contribution in [0.2, 0.25) is 0 Å². The summed E-state index contributed by atoms with van der Waals surface area (Å²) >= 11 is 0. The Morgan fingerprint density at radius 3 is 2.88 bits per heavy atom. The molecule has 1 aliphatic heterocycles. The van der Waals surface area contributed by atoms with Crippen molar-refractivity contribution in [3.63, 3.8) is 0 Å². The second kappa shape index (κ2) is 4.34. The molecule has 17 heavy (non-hydrogen) atoms. The molecular formula is C14H16N2O. The number of rotatable bonds is 1. The molecule has 3 heteroatoms. The molecule has 0 radical (unpaired) electrons. The predicted octanol–water partition coefficient (Wildman–Crippen LogP) is 1.93. The molecule has 2 aromatic rings. The van der Waals surface area contributed by atoms with Gasteiger partial charge in [0, 0.05) is 29.6 Å². The van der Waals surface area contributed by atoms with Gasteiger partial charge in [0.2, 0.25) is 0 Å². The van der Waals surface area contributed by atoms with Crippen molar-refractivity contribution >= 4 is 10.9 Å². The van der Waals surface area contributed by atoms with Crippen LogP contribution in [0, 0.1) is 0 Å². The lowest BCUT2D eigenvalue weighted by molar-refractivity contribution is 0.414. The molecule has 0 atom stereocenters. The third-order valence-corrected chi connectivity index (χ3v) is 3.32. The van der Waals surface area contributed by atoms with Crippen LogP contribution < -0.4 is 10.1 Å². The zero-order chi connectivity index (χ0) is 11.7. The second-order valence-corrected chi connectivity index (χ2v) is 4.34. The smallest absolute Gasteiger partial charge is 0.133 e. The van der Waals surface area contributed by atoms with Crippen molar-refractivity contribution in [2.75, 3.05) is 20.2 Å². The van der Waals surface area contributed by atoms with Gasteiger partial charge >= 0.3 is 0 Å². The molecule has 0 bridgehead atoms. The number of benzene rings is 1.